The van der Waals surface area contributed by atoms with Crippen LogP contribution in [0, 0.1) is 102 Å². The molecule has 11 nitrogen and oxygen atoms in total. The van der Waals surface area contributed by atoms with Gasteiger partial charge in [0.25, 0.3) is 0 Å². The molecular formula is C71H29F6N11. The summed E-state index contributed by atoms with van der Waals surface area (Å²) in [6, 6.07) is 61.4. The second kappa shape index (κ2) is 21.2. The summed E-state index contributed by atoms with van der Waals surface area (Å²) in [5.74, 6) is 0. The topological polar surface area (TPSA) is 224 Å². The second-order valence-corrected chi connectivity index (χ2v) is 20.5. The van der Waals surface area contributed by atoms with Crippen LogP contribution in [0.1, 0.15) is 61.2 Å². The fourth-order valence-corrected chi connectivity index (χ4v) is 11.3. The molecule has 0 unspecified atom stereocenters. The molecule has 2 heterocycles. The fourth-order valence-electron chi connectivity index (χ4n) is 11.3. The summed E-state index contributed by atoms with van der Waals surface area (Å²) in [4.78, 5) is 0. The maximum atomic E-state index is 15.2. The molecule has 12 rings (SSSR count). The Hall–Kier alpha value is -13.2. The van der Waals surface area contributed by atoms with Gasteiger partial charge in [0.1, 0.15) is 6.07 Å². The molecule has 17 heteroatoms. The van der Waals surface area contributed by atoms with E-state index >= 15 is 26.3 Å². The number of alkyl halides is 6. The minimum atomic E-state index is -5.33. The monoisotopic (exact) mass is 1150 g/mol. The number of hydrogen-bond acceptors (Lipinski definition) is 9. The molecule has 0 aliphatic heterocycles. The van der Waals surface area contributed by atoms with Gasteiger partial charge < -0.3 is 9.13 Å². The van der Waals surface area contributed by atoms with Gasteiger partial charge in [0, 0.05) is 27.1 Å². The summed E-state index contributed by atoms with van der Waals surface area (Å²) in [6.07, 6.45) is -10.7. The number of nitriles is 9. The Morgan fingerprint density at radius 1 is 0.250 bits per heavy atom. The van der Waals surface area contributed by atoms with Crippen LogP contribution in [-0.2, 0) is 12.4 Å². The highest BCUT2D eigenvalue weighted by molar-refractivity contribution is 6.13. The molecule has 88 heavy (non-hydrogen) atoms. The lowest BCUT2D eigenvalue weighted by Gasteiger charge is -2.21. The Labute approximate surface area is 495 Å². The van der Waals surface area contributed by atoms with Crippen LogP contribution < -0.4 is 0 Å². The maximum Gasteiger partial charge on any atom is 0.416 e. The summed E-state index contributed by atoms with van der Waals surface area (Å²) in [5, 5.41) is 93.8. The van der Waals surface area contributed by atoms with Gasteiger partial charge in [-0.3, -0.25) is 0 Å². The molecule has 0 saturated heterocycles. The highest BCUT2D eigenvalue weighted by Crippen LogP contribution is 2.46. The highest BCUT2D eigenvalue weighted by atomic mass is 19.4. The van der Waals surface area contributed by atoms with Crippen molar-refractivity contribution < 1.29 is 26.3 Å². The first-order valence-corrected chi connectivity index (χ1v) is 26.3. The van der Waals surface area contributed by atoms with Gasteiger partial charge in [-0.25, -0.2) is 0 Å². The highest BCUT2D eigenvalue weighted by Gasteiger charge is 2.38. The number of halogens is 6. The lowest BCUT2D eigenvalue weighted by atomic mass is 9.95. The Bertz CT molecular complexity index is 5080. The van der Waals surface area contributed by atoms with Crippen LogP contribution >= 0.6 is 0 Å². The van der Waals surface area contributed by atoms with Crippen molar-refractivity contribution in [3.63, 3.8) is 0 Å². The van der Waals surface area contributed by atoms with Gasteiger partial charge in [-0.1, -0.05) is 48.5 Å². The zero-order valence-corrected chi connectivity index (χ0v) is 44.9. The van der Waals surface area contributed by atoms with Gasteiger partial charge in [0.15, 0.2) is 0 Å². The largest absolute Gasteiger partial charge is 0.416 e. The molecule has 0 saturated carbocycles. The SMILES string of the molecule is N#Cc1cc(C#N)cc(-c2ccc3c4ccc(-c5cc(C#N)cc(C#N)c5)cc4n(-c4cc(-c5cc(C(F)(F)F)cc(C(F)(F)F)c5)c(-n5c6cc(-c7cc(C#N)cc(C#N)c7)ccc6c6ccc(-c7cc(C#N)cc(C#N)c7)cc65)cc4C#N)c3c2)c1. The summed E-state index contributed by atoms with van der Waals surface area (Å²) >= 11 is 0. The van der Waals surface area contributed by atoms with Crippen molar-refractivity contribution in [2.45, 2.75) is 12.4 Å². The molecule has 10 aromatic carbocycles. The van der Waals surface area contributed by atoms with Gasteiger partial charge in [0.05, 0.1) is 143 Å². The van der Waals surface area contributed by atoms with E-state index in [4.69, 9.17) is 0 Å². The number of nitrogens with zero attached hydrogens (tertiary/aromatic N) is 11. The third-order valence-electron chi connectivity index (χ3n) is 15.2. The Balaban J connectivity index is 1.26. The molecule has 0 aliphatic rings. The quantitative estimate of drug-likeness (QED) is 0.138. The Kier molecular flexibility index (Phi) is 13.3. The van der Waals surface area contributed by atoms with E-state index < -0.39 is 29.0 Å². The van der Waals surface area contributed by atoms with Gasteiger partial charge in [-0.2, -0.15) is 73.7 Å². The lowest BCUT2D eigenvalue weighted by Crippen LogP contribution is -2.11. The average Bonchev–Trinajstić information content (AvgIpc) is 1.56. The Morgan fingerprint density at radius 2 is 0.523 bits per heavy atom. The first-order valence-electron chi connectivity index (χ1n) is 26.3. The van der Waals surface area contributed by atoms with Crippen LogP contribution in [0.2, 0.25) is 0 Å². The molecule has 12 aromatic rings. The van der Waals surface area contributed by atoms with Crippen molar-refractivity contribution in [3.8, 4) is 122 Å². The van der Waals surface area contributed by atoms with Gasteiger partial charge >= 0.3 is 12.4 Å². The summed E-state index contributed by atoms with van der Waals surface area (Å²) in [5.41, 5.74) is 1.62. The smallest absolute Gasteiger partial charge is 0.309 e. The first-order chi connectivity index (χ1) is 42.4. The summed E-state index contributed by atoms with van der Waals surface area (Å²) in [7, 11) is 0. The molecule has 0 aliphatic carbocycles. The van der Waals surface area contributed by atoms with E-state index in [1.165, 1.54) is 36.4 Å². The van der Waals surface area contributed by atoms with Crippen LogP contribution in [0.5, 0.6) is 0 Å². The minimum Gasteiger partial charge on any atom is -0.309 e. The van der Waals surface area contributed by atoms with Gasteiger partial charge in [0.2, 0.25) is 0 Å². The van der Waals surface area contributed by atoms with Gasteiger partial charge in [-0.15, -0.1) is 0 Å². The molecule has 0 spiro atoms. The van der Waals surface area contributed by atoms with E-state index in [-0.39, 0.29) is 73.1 Å². The van der Waals surface area contributed by atoms with Crippen LogP contribution in [0.15, 0.2) is 176 Å². The van der Waals surface area contributed by atoms with Crippen LogP contribution in [0.4, 0.5) is 26.3 Å². The van der Waals surface area contributed by atoms with Crippen molar-refractivity contribution in [1.29, 1.82) is 47.4 Å². The number of aromatic nitrogens is 2. The molecule has 0 bridgehead atoms. The van der Waals surface area contributed by atoms with Crippen molar-refractivity contribution in [1.82, 2.24) is 9.13 Å². The molecular weight excluding hydrogens is 1120 g/mol. The fraction of sp³-hybridized carbons (Fsp3) is 0.0282. The molecule has 0 N–H and O–H groups in total. The average molecular weight is 1150 g/mol. The zero-order chi connectivity index (χ0) is 61.9. The predicted octanol–water partition coefficient (Wildman–Crippen LogP) is 17.1. The number of fused-ring (bicyclic) bond motifs is 6. The number of benzene rings is 10. The van der Waals surface area contributed by atoms with Gasteiger partial charge in [-0.05, 0) is 177 Å². The van der Waals surface area contributed by atoms with E-state index in [2.05, 4.69) is 54.6 Å². The molecule has 2 aromatic heterocycles. The van der Waals surface area contributed by atoms with Crippen molar-refractivity contribution in [3.05, 3.63) is 237 Å². The normalized spacial score (nSPS) is 11.2. The number of hydrogen-bond donors (Lipinski definition) is 0. The molecule has 0 amide bonds. The molecule has 0 atom stereocenters. The summed E-state index contributed by atoms with van der Waals surface area (Å²) < 4.78 is 94.5. The number of rotatable bonds is 7. The predicted molar refractivity (Wildman–Crippen MR) is 315 cm³/mol. The molecule has 0 radical (unpaired) electrons. The van der Waals surface area contributed by atoms with E-state index in [0.717, 1.165) is 0 Å². The molecule has 0 fully saturated rings. The Morgan fingerprint density at radius 3 is 0.773 bits per heavy atom. The second-order valence-electron chi connectivity index (χ2n) is 20.5. The van der Waals surface area contributed by atoms with E-state index in [9.17, 15) is 47.4 Å². The van der Waals surface area contributed by atoms with Crippen LogP contribution in [0.25, 0.3) is 111 Å². The minimum absolute atomic E-state index is 0.0104. The lowest BCUT2D eigenvalue weighted by molar-refractivity contribution is -0.143. The first kappa shape index (κ1) is 55.3. The third-order valence-corrected chi connectivity index (χ3v) is 15.2. The van der Waals surface area contributed by atoms with E-state index in [0.29, 0.717) is 100 Å². The summed E-state index contributed by atoms with van der Waals surface area (Å²) in [6.45, 7) is 0. The van der Waals surface area contributed by atoms with Crippen molar-refractivity contribution in [2.75, 3.05) is 0 Å². The van der Waals surface area contributed by atoms with Crippen molar-refractivity contribution >= 4 is 43.6 Å². The van der Waals surface area contributed by atoms with E-state index in [1.54, 1.807) is 130 Å². The van der Waals surface area contributed by atoms with E-state index in [1.807, 2.05) is 0 Å². The van der Waals surface area contributed by atoms with Crippen molar-refractivity contribution in [2.24, 2.45) is 0 Å². The maximum absolute atomic E-state index is 15.2. The third kappa shape index (κ3) is 9.69. The standard InChI is InChI=1S/C71H29F6N11/c72-70(73,74)57-21-55(22-58(28-57)71(75,76)77)63-29-64(87-65-23-47(51-13-39(30-78)9-40(14-51)31-79)1-5-59(65)60-6-2-48(24-66(60)87)52-15-41(32-80)10-42(16-52)33-81)56(38-86)27-69(63)88-67-25-49(53-17-43(34-82)11-44(18-53)35-83)3-7-61(67)62-8-4-50(26-68(62)88)54-19-45(36-84)12-46(20-54)37-85/h1-29H. The van der Waals surface area contributed by atoms with Crippen LogP contribution in [0.3, 0.4) is 0 Å². The van der Waals surface area contributed by atoms with Crippen LogP contribution in [-0.4, -0.2) is 9.13 Å². The zero-order valence-electron chi connectivity index (χ0n) is 44.9. The molecule has 410 valence electrons.